The van der Waals surface area contributed by atoms with Gasteiger partial charge in [0.25, 0.3) is 0 Å². The molecule has 0 unspecified atom stereocenters. The van der Waals surface area contributed by atoms with Crippen LogP contribution in [-0.4, -0.2) is 44.8 Å². The fourth-order valence-electron chi connectivity index (χ4n) is 3.07. The molecular formula is C27H27BrN2O7. The molecule has 194 valence electrons. The second-order valence-electron chi connectivity index (χ2n) is 7.62. The van der Waals surface area contributed by atoms with E-state index in [2.05, 4.69) is 26.6 Å². The summed E-state index contributed by atoms with van der Waals surface area (Å²) in [7, 11) is 0. The summed E-state index contributed by atoms with van der Waals surface area (Å²) in [5.74, 6) is 0.666. The molecule has 2 amide bonds. The molecule has 0 spiro atoms. The molecule has 0 atom stereocenters. The predicted molar refractivity (Wildman–Crippen MR) is 140 cm³/mol. The molecule has 0 saturated heterocycles. The molecule has 0 aromatic heterocycles. The minimum Gasteiger partial charge on any atom is -0.488 e. The Morgan fingerprint density at radius 1 is 0.757 bits per heavy atom. The summed E-state index contributed by atoms with van der Waals surface area (Å²) in [6.45, 7) is 0.912. The maximum Gasteiger partial charge on any atom is 0.407 e. The SMILES string of the molecule is O=Cc1cc(Br)c(OCCNC(=O)OCc2ccccc2)c(OCCNC(=O)OCc2ccccc2)c1. The van der Waals surface area contributed by atoms with Crippen molar-refractivity contribution in [3.63, 3.8) is 0 Å². The van der Waals surface area contributed by atoms with Crippen molar-refractivity contribution >= 4 is 34.4 Å². The lowest BCUT2D eigenvalue weighted by molar-refractivity contribution is 0.112. The van der Waals surface area contributed by atoms with E-state index in [9.17, 15) is 14.4 Å². The van der Waals surface area contributed by atoms with E-state index in [1.54, 1.807) is 6.07 Å². The Morgan fingerprint density at radius 3 is 1.78 bits per heavy atom. The van der Waals surface area contributed by atoms with E-state index < -0.39 is 12.2 Å². The number of hydrogen-bond donors (Lipinski definition) is 2. The first-order valence-electron chi connectivity index (χ1n) is 11.5. The van der Waals surface area contributed by atoms with Crippen molar-refractivity contribution in [1.82, 2.24) is 10.6 Å². The molecule has 0 aliphatic rings. The zero-order chi connectivity index (χ0) is 26.3. The quantitative estimate of drug-likeness (QED) is 0.222. The summed E-state index contributed by atoms with van der Waals surface area (Å²) < 4.78 is 22.3. The van der Waals surface area contributed by atoms with Crippen LogP contribution < -0.4 is 20.1 Å². The number of hydrogen-bond acceptors (Lipinski definition) is 7. The largest absolute Gasteiger partial charge is 0.488 e. The first kappa shape index (κ1) is 27.5. The molecule has 0 saturated carbocycles. The predicted octanol–water partition coefficient (Wildman–Crippen LogP) is 4.87. The monoisotopic (exact) mass is 570 g/mol. The van der Waals surface area contributed by atoms with Crippen molar-refractivity contribution in [2.24, 2.45) is 0 Å². The molecule has 37 heavy (non-hydrogen) atoms. The Bertz CT molecular complexity index is 1160. The lowest BCUT2D eigenvalue weighted by Crippen LogP contribution is -2.29. The van der Waals surface area contributed by atoms with E-state index >= 15 is 0 Å². The molecule has 0 heterocycles. The lowest BCUT2D eigenvalue weighted by atomic mass is 10.2. The third-order valence-electron chi connectivity index (χ3n) is 4.84. The van der Waals surface area contributed by atoms with Crippen LogP contribution in [0.2, 0.25) is 0 Å². The maximum absolute atomic E-state index is 11.9. The van der Waals surface area contributed by atoms with Gasteiger partial charge in [0.2, 0.25) is 0 Å². The van der Waals surface area contributed by atoms with Crippen LogP contribution in [0.3, 0.4) is 0 Å². The minimum absolute atomic E-state index is 0.107. The van der Waals surface area contributed by atoms with E-state index in [0.29, 0.717) is 27.8 Å². The summed E-state index contributed by atoms with van der Waals surface area (Å²) in [6, 6.07) is 21.8. The lowest BCUT2D eigenvalue weighted by Gasteiger charge is -2.16. The van der Waals surface area contributed by atoms with Gasteiger partial charge in [0, 0.05) is 5.56 Å². The number of carbonyl (C=O) groups is 3. The third-order valence-corrected chi connectivity index (χ3v) is 5.43. The molecule has 9 nitrogen and oxygen atoms in total. The van der Waals surface area contributed by atoms with Gasteiger partial charge in [-0.15, -0.1) is 0 Å². The van der Waals surface area contributed by atoms with Gasteiger partial charge >= 0.3 is 12.2 Å². The van der Waals surface area contributed by atoms with Gasteiger partial charge < -0.3 is 29.6 Å². The molecule has 2 N–H and O–H groups in total. The van der Waals surface area contributed by atoms with Gasteiger partial charge in [0.1, 0.15) is 32.7 Å². The van der Waals surface area contributed by atoms with E-state index in [0.717, 1.165) is 11.1 Å². The van der Waals surface area contributed by atoms with E-state index in [1.165, 1.54) is 6.07 Å². The Labute approximate surface area is 223 Å². The molecule has 0 fully saturated rings. The molecule has 0 aliphatic heterocycles. The highest BCUT2D eigenvalue weighted by molar-refractivity contribution is 9.10. The fourth-order valence-corrected chi connectivity index (χ4v) is 3.65. The number of rotatable bonds is 13. The smallest absolute Gasteiger partial charge is 0.407 e. The van der Waals surface area contributed by atoms with Crippen molar-refractivity contribution in [1.29, 1.82) is 0 Å². The average Bonchev–Trinajstić information content (AvgIpc) is 2.93. The normalized spacial score (nSPS) is 10.2. The molecular weight excluding hydrogens is 544 g/mol. The molecule has 0 radical (unpaired) electrons. The van der Waals surface area contributed by atoms with Crippen LogP contribution in [0.15, 0.2) is 77.3 Å². The van der Waals surface area contributed by atoms with Crippen LogP contribution in [0.5, 0.6) is 11.5 Å². The first-order chi connectivity index (χ1) is 18.0. The Balaban J connectivity index is 1.42. The Hall–Kier alpha value is -4.05. The highest BCUT2D eigenvalue weighted by Crippen LogP contribution is 2.36. The van der Waals surface area contributed by atoms with Gasteiger partial charge in [-0.2, -0.15) is 0 Å². The van der Waals surface area contributed by atoms with Crippen molar-refractivity contribution in [3.8, 4) is 11.5 Å². The summed E-state index contributed by atoms with van der Waals surface area (Å²) in [5, 5.41) is 5.22. The van der Waals surface area contributed by atoms with Crippen LogP contribution in [0, 0.1) is 0 Å². The van der Waals surface area contributed by atoms with Crippen LogP contribution in [0.1, 0.15) is 21.5 Å². The molecule has 0 aliphatic carbocycles. The summed E-state index contributed by atoms with van der Waals surface area (Å²) in [5.41, 5.74) is 2.14. The number of benzene rings is 3. The van der Waals surface area contributed by atoms with Crippen LogP contribution in [-0.2, 0) is 22.7 Å². The molecule has 10 heteroatoms. The van der Waals surface area contributed by atoms with Gasteiger partial charge in [-0.05, 0) is 39.2 Å². The molecule has 3 aromatic rings. The standard InChI is InChI=1S/C27H27BrN2O7/c28-23-15-22(17-31)16-24(34-13-11-29-26(32)36-18-20-7-3-1-4-8-20)25(23)35-14-12-30-27(33)37-19-21-9-5-2-6-10-21/h1-10,15-17H,11-14,18-19H2,(H,29,32)(H,30,33). The van der Waals surface area contributed by atoms with Crippen molar-refractivity contribution in [2.45, 2.75) is 13.2 Å². The average molecular weight is 571 g/mol. The number of halogens is 1. The summed E-state index contributed by atoms with van der Waals surface area (Å²) >= 11 is 3.38. The number of carbonyl (C=O) groups excluding carboxylic acids is 3. The van der Waals surface area contributed by atoms with E-state index in [4.69, 9.17) is 18.9 Å². The van der Waals surface area contributed by atoms with Crippen LogP contribution in [0.4, 0.5) is 9.59 Å². The second kappa shape index (κ2) is 15.1. The first-order valence-corrected chi connectivity index (χ1v) is 12.3. The number of amides is 2. The van der Waals surface area contributed by atoms with Gasteiger partial charge in [0.15, 0.2) is 11.5 Å². The Kier molecular flexibility index (Phi) is 11.3. The fraction of sp³-hybridized carbons (Fsp3) is 0.222. The highest BCUT2D eigenvalue weighted by Gasteiger charge is 2.13. The van der Waals surface area contributed by atoms with Crippen molar-refractivity contribution in [3.05, 3.63) is 94.0 Å². The van der Waals surface area contributed by atoms with E-state index in [-0.39, 0.29) is 39.5 Å². The van der Waals surface area contributed by atoms with Gasteiger partial charge in [-0.1, -0.05) is 60.7 Å². The molecule has 0 bridgehead atoms. The summed E-state index contributed by atoms with van der Waals surface area (Å²) in [4.78, 5) is 35.1. The van der Waals surface area contributed by atoms with Gasteiger partial charge in [0.05, 0.1) is 17.6 Å². The number of nitrogens with one attached hydrogen (secondary N) is 2. The van der Waals surface area contributed by atoms with Gasteiger partial charge in [-0.3, -0.25) is 4.79 Å². The van der Waals surface area contributed by atoms with Crippen LogP contribution >= 0.6 is 15.9 Å². The highest BCUT2D eigenvalue weighted by atomic mass is 79.9. The number of ether oxygens (including phenoxy) is 4. The van der Waals surface area contributed by atoms with E-state index in [1.807, 2.05) is 60.7 Å². The molecule has 3 aromatic carbocycles. The minimum atomic E-state index is -0.572. The third kappa shape index (κ3) is 9.85. The molecule has 3 rings (SSSR count). The van der Waals surface area contributed by atoms with Crippen molar-refractivity contribution < 1.29 is 33.3 Å². The van der Waals surface area contributed by atoms with Crippen LogP contribution in [0.25, 0.3) is 0 Å². The second-order valence-corrected chi connectivity index (χ2v) is 8.48. The van der Waals surface area contributed by atoms with Crippen molar-refractivity contribution in [2.75, 3.05) is 26.3 Å². The zero-order valence-electron chi connectivity index (χ0n) is 20.0. The number of aldehydes is 1. The zero-order valence-corrected chi connectivity index (χ0v) is 21.6. The number of alkyl carbamates (subject to hydrolysis) is 2. The van der Waals surface area contributed by atoms with Gasteiger partial charge in [-0.25, -0.2) is 9.59 Å². The Morgan fingerprint density at radius 2 is 1.27 bits per heavy atom. The topological polar surface area (TPSA) is 112 Å². The maximum atomic E-state index is 11.9. The summed E-state index contributed by atoms with van der Waals surface area (Å²) in [6.07, 6.45) is -0.452.